The molecule has 1 aromatic carbocycles. The van der Waals surface area contributed by atoms with E-state index < -0.39 is 9.84 Å². The minimum atomic E-state index is -2.99. The first kappa shape index (κ1) is 11.7. The molecule has 5 nitrogen and oxygen atoms in total. The molecule has 18 heavy (non-hydrogen) atoms. The molecule has 0 spiro atoms. The van der Waals surface area contributed by atoms with Crippen molar-refractivity contribution < 1.29 is 13.5 Å². The fraction of sp³-hybridized carbons (Fsp3) is 0.364. The maximum absolute atomic E-state index is 11.6. The Hall–Kier alpha value is -1.34. The van der Waals surface area contributed by atoms with E-state index in [0.29, 0.717) is 5.11 Å². The van der Waals surface area contributed by atoms with Crippen molar-refractivity contribution >= 4 is 32.9 Å². The van der Waals surface area contributed by atoms with Crippen molar-refractivity contribution in [1.29, 1.82) is 0 Å². The molecule has 0 unspecified atom stereocenters. The lowest BCUT2D eigenvalue weighted by Gasteiger charge is -2.23. The van der Waals surface area contributed by atoms with Crippen molar-refractivity contribution in [2.75, 3.05) is 16.4 Å². The second kappa shape index (κ2) is 3.83. The van der Waals surface area contributed by atoms with Gasteiger partial charge in [0.05, 0.1) is 23.6 Å². The Labute approximate surface area is 110 Å². The van der Waals surface area contributed by atoms with E-state index in [2.05, 4.69) is 5.32 Å². The van der Waals surface area contributed by atoms with Gasteiger partial charge in [0.25, 0.3) is 0 Å². The van der Waals surface area contributed by atoms with Crippen molar-refractivity contribution in [2.24, 2.45) is 0 Å². The molecule has 2 fully saturated rings. The molecule has 2 saturated heterocycles. The van der Waals surface area contributed by atoms with E-state index in [4.69, 9.17) is 12.2 Å². The minimum absolute atomic E-state index is 0.117. The number of hydrogen-bond donors (Lipinski definition) is 2. The lowest BCUT2D eigenvalue weighted by molar-refractivity contribution is 0.475. The number of phenols is 1. The van der Waals surface area contributed by atoms with Crippen molar-refractivity contribution in [3.05, 3.63) is 24.3 Å². The van der Waals surface area contributed by atoms with Gasteiger partial charge in [-0.2, -0.15) is 0 Å². The van der Waals surface area contributed by atoms with Gasteiger partial charge in [0, 0.05) is 5.69 Å². The summed E-state index contributed by atoms with van der Waals surface area (Å²) in [4.78, 5) is 1.82. The minimum Gasteiger partial charge on any atom is -0.508 e. The molecule has 1 aromatic rings. The van der Waals surface area contributed by atoms with Gasteiger partial charge in [-0.1, -0.05) is 0 Å². The van der Waals surface area contributed by atoms with Crippen molar-refractivity contribution in [3.8, 4) is 5.75 Å². The predicted molar refractivity (Wildman–Crippen MR) is 72.5 cm³/mol. The zero-order chi connectivity index (χ0) is 12.9. The number of nitrogens with zero attached hydrogens (tertiary/aromatic N) is 1. The normalized spacial score (nSPS) is 29.1. The molecule has 0 radical (unpaired) electrons. The lowest BCUT2D eigenvalue weighted by Crippen LogP contribution is -2.36. The molecule has 0 amide bonds. The van der Waals surface area contributed by atoms with Gasteiger partial charge in [0.1, 0.15) is 5.75 Å². The number of aromatic hydroxyl groups is 1. The molecular weight excluding hydrogens is 272 g/mol. The zero-order valence-electron chi connectivity index (χ0n) is 9.41. The van der Waals surface area contributed by atoms with Gasteiger partial charge in [-0.05, 0) is 36.5 Å². The maximum Gasteiger partial charge on any atom is 0.174 e. The summed E-state index contributed by atoms with van der Waals surface area (Å²) in [7, 11) is -2.99. The highest BCUT2D eigenvalue weighted by atomic mass is 32.2. The van der Waals surface area contributed by atoms with Gasteiger partial charge in [-0.15, -0.1) is 0 Å². The summed E-state index contributed by atoms with van der Waals surface area (Å²) in [5, 5.41) is 12.9. The molecule has 2 heterocycles. The fourth-order valence-corrected chi connectivity index (χ4v) is 4.80. The van der Waals surface area contributed by atoms with Crippen LogP contribution in [-0.2, 0) is 9.84 Å². The first-order valence-electron chi connectivity index (χ1n) is 5.55. The topological polar surface area (TPSA) is 69.6 Å². The number of phenolic OH excluding ortho intramolecular Hbond substituents is 1. The molecule has 0 aromatic heterocycles. The second-order valence-electron chi connectivity index (χ2n) is 4.59. The van der Waals surface area contributed by atoms with Crippen LogP contribution in [0, 0.1) is 0 Å². The van der Waals surface area contributed by atoms with Crippen LogP contribution < -0.4 is 10.2 Å². The summed E-state index contributed by atoms with van der Waals surface area (Å²) in [5.74, 6) is 0.422. The molecule has 7 heteroatoms. The highest BCUT2D eigenvalue weighted by molar-refractivity contribution is 7.91. The van der Waals surface area contributed by atoms with Gasteiger partial charge in [0.2, 0.25) is 0 Å². The number of fused-ring (bicyclic) bond motifs is 1. The van der Waals surface area contributed by atoms with Crippen LogP contribution in [0.1, 0.15) is 0 Å². The first-order valence-corrected chi connectivity index (χ1v) is 7.78. The largest absolute Gasteiger partial charge is 0.508 e. The van der Waals surface area contributed by atoms with Crippen LogP contribution in [0.5, 0.6) is 5.75 Å². The SMILES string of the molecule is O=S1(=O)C[C@H]2NC(=S)N(c3ccc(O)cc3)[C@H]2C1. The molecule has 0 aliphatic carbocycles. The number of nitrogens with one attached hydrogen (secondary N) is 1. The van der Waals surface area contributed by atoms with Crippen LogP contribution >= 0.6 is 12.2 Å². The molecule has 0 bridgehead atoms. The third kappa shape index (κ3) is 1.83. The molecule has 2 aliphatic heterocycles. The Morgan fingerprint density at radius 1 is 1.28 bits per heavy atom. The number of anilines is 1. The number of sulfone groups is 1. The Morgan fingerprint density at radius 2 is 1.94 bits per heavy atom. The summed E-state index contributed by atoms with van der Waals surface area (Å²) in [6, 6.07) is 6.32. The smallest absolute Gasteiger partial charge is 0.174 e. The molecule has 2 aliphatic rings. The van der Waals surface area contributed by atoms with Gasteiger partial charge in [0.15, 0.2) is 14.9 Å². The summed E-state index contributed by atoms with van der Waals surface area (Å²) in [5.41, 5.74) is 0.801. The third-order valence-corrected chi connectivity index (χ3v) is 5.34. The summed E-state index contributed by atoms with van der Waals surface area (Å²) in [6.45, 7) is 0. The summed E-state index contributed by atoms with van der Waals surface area (Å²) < 4.78 is 23.3. The van der Waals surface area contributed by atoms with Gasteiger partial charge >= 0.3 is 0 Å². The Balaban J connectivity index is 1.96. The van der Waals surface area contributed by atoms with Crippen LogP contribution in [0.2, 0.25) is 0 Å². The van der Waals surface area contributed by atoms with Gasteiger partial charge < -0.3 is 15.3 Å². The first-order chi connectivity index (χ1) is 8.46. The Morgan fingerprint density at radius 3 is 2.61 bits per heavy atom. The molecule has 96 valence electrons. The number of benzene rings is 1. The van der Waals surface area contributed by atoms with Crippen molar-refractivity contribution in [2.45, 2.75) is 12.1 Å². The van der Waals surface area contributed by atoms with E-state index in [0.717, 1.165) is 5.69 Å². The summed E-state index contributed by atoms with van der Waals surface area (Å²) >= 11 is 5.24. The zero-order valence-corrected chi connectivity index (χ0v) is 11.0. The van der Waals surface area contributed by atoms with Crippen molar-refractivity contribution in [1.82, 2.24) is 5.32 Å². The molecule has 3 rings (SSSR count). The maximum atomic E-state index is 11.6. The monoisotopic (exact) mass is 284 g/mol. The van der Waals surface area contributed by atoms with E-state index >= 15 is 0 Å². The Kier molecular flexibility index (Phi) is 2.49. The number of thiocarbonyl (C=S) groups is 1. The van der Waals surface area contributed by atoms with Gasteiger partial charge in [-0.3, -0.25) is 0 Å². The average Bonchev–Trinajstić information content (AvgIpc) is 2.70. The van der Waals surface area contributed by atoms with Crippen LogP contribution in [0.4, 0.5) is 5.69 Å². The van der Waals surface area contributed by atoms with Crippen LogP contribution in [0.15, 0.2) is 24.3 Å². The fourth-order valence-electron chi connectivity index (χ4n) is 2.52. The lowest BCUT2D eigenvalue weighted by atomic mass is 10.1. The molecular formula is C11H12N2O3S2. The van der Waals surface area contributed by atoms with E-state index in [-0.39, 0.29) is 29.3 Å². The summed E-state index contributed by atoms with van der Waals surface area (Å²) in [6.07, 6.45) is 0. The standard InChI is InChI=1S/C11H12N2O3S2/c14-8-3-1-7(2-4-8)13-10-6-18(15,16)5-9(10)12-11(13)17/h1-4,9-10,14H,5-6H2,(H,12,17)/t9-,10+/m1/s1. The average molecular weight is 284 g/mol. The van der Waals surface area contributed by atoms with E-state index in [1.165, 1.54) is 0 Å². The number of hydrogen-bond acceptors (Lipinski definition) is 4. The third-order valence-electron chi connectivity index (χ3n) is 3.31. The predicted octanol–water partition coefficient (Wildman–Crippen LogP) is 0.252. The number of rotatable bonds is 1. The molecule has 2 atom stereocenters. The quantitative estimate of drug-likeness (QED) is 0.721. The molecule has 0 saturated carbocycles. The van der Waals surface area contributed by atoms with Crippen LogP contribution in [-0.4, -0.2) is 42.2 Å². The van der Waals surface area contributed by atoms with E-state index in [1.807, 2.05) is 4.90 Å². The highest BCUT2D eigenvalue weighted by Crippen LogP contribution is 2.30. The molecule has 2 N–H and O–H groups in total. The van der Waals surface area contributed by atoms with Crippen molar-refractivity contribution in [3.63, 3.8) is 0 Å². The van der Waals surface area contributed by atoms with Gasteiger partial charge in [-0.25, -0.2) is 8.42 Å². The van der Waals surface area contributed by atoms with Crippen LogP contribution in [0.3, 0.4) is 0 Å². The van der Waals surface area contributed by atoms with E-state index in [9.17, 15) is 13.5 Å². The van der Waals surface area contributed by atoms with Crippen LogP contribution in [0.25, 0.3) is 0 Å². The van der Waals surface area contributed by atoms with E-state index in [1.54, 1.807) is 24.3 Å². The second-order valence-corrected chi connectivity index (χ2v) is 7.13. The highest BCUT2D eigenvalue weighted by Gasteiger charge is 2.47. The Bertz CT molecular complexity index is 597.